The SMILES string of the molecule is CS(=O)(=O)c1ccc(N2CC[C@H](C#N)C2)c(F)c1. The van der Waals surface area contributed by atoms with Crippen LogP contribution in [-0.4, -0.2) is 27.8 Å². The Kier molecular flexibility index (Phi) is 3.26. The minimum atomic E-state index is -3.39. The lowest BCUT2D eigenvalue weighted by molar-refractivity contribution is 0.595. The molecule has 96 valence electrons. The number of anilines is 1. The van der Waals surface area contributed by atoms with Gasteiger partial charge in [-0.1, -0.05) is 0 Å². The highest BCUT2D eigenvalue weighted by Crippen LogP contribution is 2.27. The monoisotopic (exact) mass is 268 g/mol. The van der Waals surface area contributed by atoms with Crippen LogP contribution >= 0.6 is 0 Å². The first-order valence-electron chi connectivity index (χ1n) is 5.56. The third-order valence-corrected chi connectivity index (χ3v) is 4.17. The molecule has 0 spiro atoms. The van der Waals surface area contributed by atoms with E-state index in [0.29, 0.717) is 25.2 Å². The lowest BCUT2D eigenvalue weighted by atomic mass is 10.1. The zero-order valence-corrected chi connectivity index (χ0v) is 10.7. The minimum absolute atomic E-state index is 0.0280. The van der Waals surface area contributed by atoms with Crippen molar-refractivity contribution in [1.82, 2.24) is 0 Å². The maximum Gasteiger partial charge on any atom is 0.175 e. The van der Waals surface area contributed by atoms with Crippen LogP contribution in [0.4, 0.5) is 10.1 Å². The standard InChI is InChI=1S/C12H13FN2O2S/c1-18(16,17)10-2-3-12(11(13)6-10)15-5-4-9(7-14)8-15/h2-3,6,9H,4-5,8H2,1H3/t9-/m1/s1. The molecule has 0 radical (unpaired) electrons. The van der Waals surface area contributed by atoms with Crippen LogP contribution in [0.3, 0.4) is 0 Å². The first-order valence-corrected chi connectivity index (χ1v) is 7.45. The van der Waals surface area contributed by atoms with Gasteiger partial charge in [0.2, 0.25) is 0 Å². The van der Waals surface area contributed by atoms with Crippen LogP contribution in [0, 0.1) is 23.1 Å². The van der Waals surface area contributed by atoms with Crippen LogP contribution in [0.15, 0.2) is 23.1 Å². The van der Waals surface area contributed by atoms with E-state index in [-0.39, 0.29) is 10.8 Å². The Hall–Kier alpha value is -1.61. The molecule has 1 fully saturated rings. The summed E-state index contributed by atoms with van der Waals surface area (Å²) in [5, 5.41) is 8.80. The highest BCUT2D eigenvalue weighted by molar-refractivity contribution is 7.90. The van der Waals surface area contributed by atoms with Gasteiger partial charge in [0.05, 0.1) is 22.6 Å². The molecule has 1 aromatic rings. The van der Waals surface area contributed by atoms with Gasteiger partial charge in [-0.3, -0.25) is 0 Å². The molecule has 0 saturated carbocycles. The number of sulfone groups is 1. The highest BCUT2D eigenvalue weighted by atomic mass is 32.2. The molecule has 1 aliphatic heterocycles. The number of nitriles is 1. The van der Waals surface area contributed by atoms with Gasteiger partial charge in [-0.05, 0) is 24.6 Å². The van der Waals surface area contributed by atoms with Crippen molar-refractivity contribution in [3.05, 3.63) is 24.0 Å². The number of hydrogen-bond acceptors (Lipinski definition) is 4. The number of halogens is 1. The van der Waals surface area contributed by atoms with Crippen LogP contribution in [-0.2, 0) is 9.84 Å². The molecule has 1 atom stereocenters. The summed E-state index contributed by atoms with van der Waals surface area (Å²) < 4.78 is 36.5. The van der Waals surface area contributed by atoms with E-state index in [1.54, 1.807) is 4.90 Å². The van der Waals surface area contributed by atoms with Gasteiger partial charge in [-0.15, -0.1) is 0 Å². The topological polar surface area (TPSA) is 61.2 Å². The first kappa shape index (κ1) is 12.8. The molecule has 1 saturated heterocycles. The molecule has 0 aliphatic carbocycles. The van der Waals surface area contributed by atoms with Crippen molar-refractivity contribution >= 4 is 15.5 Å². The Balaban J connectivity index is 2.30. The molecular weight excluding hydrogens is 255 g/mol. The summed E-state index contributed by atoms with van der Waals surface area (Å²) in [6.45, 7) is 1.11. The Morgan fingerprint density at radius 1 is 1.50 bits per heavy atom. The van der Waals surface area contributed by atoms with Gasteiger partial charge in [0.15, 0.2) is 9.84 Å². The smallest absolute Gasteiger partial charge is 0.175 e. The van der Waals surface area contributed by atoms with E-state index in [1.807, 2.05) is 0 Å². The van der Waals surface area contributed by atoms with Crippen LogP contribution in [0.1, 0.15) is 6.42 Å². The predicted octanol–water partition coefficient (Wildman–Crippen LogP) is 1.58. The second-order valence-electron chi connectivity index (χ2n) is 4.45. The highest BCUT2D eigenvalue weighted by Gasteiger charge is 2.24. The van der Waals surface area contributed by atoms with Gasteiger partial charge < -0.3 is 4.90 Å². The van der Waals surface area contributed by atoms with Crippen LogP contribution < -0.4 is 4.90 Å². The summed E-state index contributed by atoms with van der Waals surface area (Å²) in [4.78, 5) is 1.75. The average Bonchev–Trinajstić information content (AvgIpc) is 2.76. The molecule has 0 aromatic heterocycles. The minimum Gasteiger partial charge on any atom is -0.368 e. The van der Waals surface area contributed by atoms with Crippen molar-refractivity contribution in [1.29, 1.82) is 5.26 Å². The van der Waals surface area contributed by atoms with Crippen molar-refractivity contribution in [3.8, 4) is 6.07 Å². The van der Waals surface area contributed by atoms with Crippen molar-refractivity contribution in [3.63, 3.8) is 0 Å². The summed E-state index contributed by atoms with van der Waals surface area (Å²) in [5.74, 6) is -0.643. The second-order valence-corrected chi connectivity index (χ2v) is 6.46. The van der Waals surface area contributed by atoms with E-state index in [2.05, 4.69) is 6.07 Å². The maximum atomic E-state index is 13.9. The lowest BCUT2D eigenvalue weighted by Gasteiger charge is -2.18. The maximum absolute atomic E-state index is 13.9. The van der Waals surface area contributed by atoms with Crippen molar-refractivity contribution in [2.75, 3.05) is 24.2 Å². The molecule has 0 unspecified atom stereocenters. The summed E-state index contributed by atoms with van der Waals surface area (Å²) in [5.41, 5.74) is 0.361. The largest absolute Gasteiger partial charge is 0.368 e. The van der Waals surface area contributed by atoms with Gasteiger partial charge in [-0.25, -0.2) is 12.8 Å². The van der Waals surface area contributed by atoms with Crippen LogP contribution in [0.25, 0.3) is 0 Å². The average molecular weight is 268 g/mol. The van der Waals surface area contributed by atoms with Crippen LogP contribution in [0.5, 0.6) is 0 Å². The number of nitrogens with zero attached hydrogens (tertiary/aromatic N) is 2. The summed E-state index contributed by atoms with van der Waals surface area (Å²) in [6, 6.07) is 6.05. The molecule has 1 heterocycles. The van der Waals surface area contributed by atoms with Gasteiger partial charge >= 0.3 is 0 Å². The van der Waals surface area contributed by atoms with E-state index in [4.69, 9.17) is 5.26 Å². The molecule has 18 heavy (non-hydrogen) atoms. The lowest BCUT2D eigenvalue weighted by Crippen LogP contribution is -2.20. The molecule has 1 aromatic carbocycles. The van der Waals surface area contributed by atoms with Crippen LogP contribution in [0.2, 0.25) is 0 Å². The molecule has 0 bridgehead atoms. The fourth-order valence-corrected chi connectivity index (χ4v) is 2.69. The molecule has 0 amide bonds. The zero-order chi connectivity index (χ0) is 13.3. The van der Waals surface area contributed by atoms with Gasteiger partial charge in [0.1, 0.15) is 5.82 Å². The predicted molar refractivity (Wildman–Crippen MR) is 65.4 cm³/mol. The Labute approximate surface area is 106 Å². The van der Waals surface area contributed by atoms with E-state index in [9.17, 15) is 12.8 Å². The summed E-state index contributed by atoms with van der Waals surface area (Å²) in [6.07, 6.45) is 1.76. The number of hydrogen-bond donors (Lipinski definition) is 0. The first-order chi connectivity index (χ1) is 8.41. The normalized spacial score (nSPS) is 19.8. The third kappa shape index (κ3) is 2.46. The van der Waals surface area contributed by atoms with Crippen molar-refractivity contribution in [2.24, 2.45) is 5.92 Å². The molecule has 2 rings (SSSR count). The molecule has 4 nitrogen and oxygen atoms in total. The Morgan fingerprint density at radius 2 is 2.22 bits per heavy atom. The third-order valence-electron chi connectivity index (χ3n) is 3.06. The van der Waals surface area contributed by atoms with Gasteiger partial charge in [0.25, 0.3) is 0 Å². The molecule has 6 heteroatoms. The fraction of sp³-hybridized carbons (Fsp3) is 0.417. The second kappa shape index (κ2) is 4.58. The van der Waals surface area contributed by atoms with E-state index in [1.165, 1.54) is 12.1 Å². The van der Waals surface area contributed by atoms with E-state index < -0.39 is 15.7 Å². The Morgan fingerprint density at radius 3 is 2.72 bits per heavy atom. The van der Waals surface area contributed by atoms with Crippen molar-refractivity contribution < 1.29 is 12.8 Å². The van der Waals surface area contributed by atoms with Gasteiger partial charge in [-0.2, -0.15) is 5.26 Å². The van der Waals surface area contributed by atoms with E-state index in [0.717, 1.165) is 12.3 Å². The fourth-order valence-electron chi connectivity index (χ4n) is 2.06. The number of benzene rings is 1. The van der Waals surface area contributed by atoms with Crippen molar-refractivity contribution in [2.45, 2.75) is 11.3 Å². The van der Waals surface area contributed by atoms with Gasteiger partial charge in [0, 0.05) is 19.3 Å². The number of rotatable bonds is 2. The quantitative estimate of drug-likeness (QED) is 0.817. The molecular formula is C12H13FN2O2S. The molecule has 1 aliphatic rings. The zero-order valence-electron chi connectivity index (χ0n) is 9.93. The summed E-state index contributed by atoms with van der Waals surface area (Å²) in [7, 11) is -3.39. The molecule has 0 N–H and O–H groups in total. The summed E-state index contributed by atoms with van der Waals surface area (Å²) >= 11 is 0. The Bertz CT molecular complexity index is 607. The van der Waals surface area contributed by atoms with E-state index >= 15 is 0 Å².